The van der Waals surface area contributed by atoms with Gasteiger partial charge in [0, 0.05) is 30.0 Å². The van der Waals surface area contributed by atoms with Gasteiger partial charge in [0.1, 0.15) is 0 Å². The highest BCUT2D eigenvalue weighted by molar-refractivity contribution is 6.31. The summed E-state index contributed by atoms with van der Waals surface area (Å²) < 4.78 is 6.86. The first-order valence-corrected chi connectivity index (χ1v) is 11.4. The van der Waals surface area contributed by atoms with E-state index in [9.17, 15) is 9.59 Å². The number of ether oxygens (including phenoxy) is 1. The van der Waals surface area contributed by atoms with Crippen molar-refractivity contribution in [2.75, 3.05) is 36.5 Å². The van der Waals surface area contributed by atoms with Gasteiger partial charge in [-0.05, 0) is 30.7 Å². The molecule has 0 saturated carbocycles. The topological polar surface area (TPSA) is 76.5 Å². The molecule has 4 rings (SSSR count). The first kappa shape index (κ1) is 22.3. The Bertz CT molecular complexity index is 1170. The van der Waals surface area contributed by atoms with Gasteiger partial charge in [-0.3, -0.25) is 9.59 Å². The molecule has 8 heteroatoms. The molecule has 0 unspecified atom stereocenters. The average molecular weight is 455 g/mol. The predicted molar refractivity (Wildman–Crippen MR) is 128 cm³/mol. The number of amides is 1. The number of unbranched alkanes of at least 4 members (excludes halogenated alkanes) is 2. The zero-order valence-electron chi connectivity index (χ0n) is 18.1. The second-order valence-electron chi connectivity index (χ2n) is 7.84. The summed E-state index contributed by atoms with van der Waals surface area (Å²) in [6, 6.07) is 12.6. The second-order valence-corrected chi connectivity index (χ2v) is 8.28. The molecule has 2 heterocycles. The molecular weight excluding hydrogens is 428 g/mol. The normalized spacial score (nSPS) is 14.0. The zero-order valence-corrected chi connectivity index (χ0v) is 18.9. The van der Waals surface area contributed by atoms with Crippen LogP contribution in [0.4, 0.5) is 11.4 Å². The number of hydrogen-bond acceptors (Lipinski definition) is 5. The summed E-state index contributed by atoms with van der Waals surface area (Å²) in [5.74, 6) is -0.373. The summed E-state index contributed by atoms with van der Waals surface area (Å²) in [5, 5.41) is 9.00. The molecule has 1 fully saturated rings. The van der Waals surface area contributed by atoms with Crippen molar-refractivity contribution in [3.63, 3.8) is 0 Å². The summed E-state index contributed by atoms with van der Waals surface area (Å²) in [7, 11) is 0. The van der Waals surface area contributed by atoms with Crippen molar-refractivity contribution in [1.29, 1.82) is 0 Å². The van der Waals surface area contributed by atoms with Crippen molar-refractivity contribution in [1.82, 2.24) is 9.78 Å². The van der Waals surface area contributed by atoms with E-state index in [4.69, 9.17) is 16.3 Å². The van der Waals surface area contributed by atoms with Gasteiger partial charge in [-0.2, -0.15) is 5.10 Å². The molecule has 1 N–H and O–H groups in total. The first-order chi connectivity index (χ1) is 15.6. The number of fused-ring (bicyclic) bond motifs is 1. The minimum absolute atomic E-state index is 0.176. The van der Waals surface area contributed by atoms with Crippen LogP contribution in [-0.4, -0.2) is 42.0 Å². The van der Waals surface area contributed by atoms with E-state index in [2.05, 4.69) is 22.2 Å². The molecule has 1 aliphatic heterocycles. The number of nitrogens with one attached hydrogen (secondary N) is 1. The summed E-state index contributed by atoms with van der Waals surface area (Å²) in [5.41, 5.74) is 1.54. The van der Waals surface area contributed by atoms with Gasteiger partial charge in [0.05, 0.1) is 30.0 Å². The number of nitrogens with zero attached hydrogens (tertiary/aromatic N) is 3. The van der Waals surface area contributed by atoms with Crippen LogP contribution in [0, 0.1) is 0 Å². The first-order valence-electron chi connectivity index (χ1n) is 11.0. The predicted octanol–water partition coefficient (Wildman–Crippen LogP) is 4.33. The summed E-state index contributed by atoms with van der Waals surface area (Å²) in [4.78, 5) is 28.4. The third-order valence-corrected chi connectivity index (χ3v) is 5.85. The number of hydrogen-bond donors (Lipinski definition) is 1. The van der Waals surface area contributed by atoms with E-state index in [1.165, 1.54) is 4.68 Å². The molecule has 0 radical (unpaired) electrons. The van der Waals surface area contributed by atoms with Gasteiger partial charge in [0.2, 0.25) is 0 Å². The Morgan fingerprint density at radius 2 is 1.88 bits per heavy atom. The van der Waals surface area contributed by atoms with Crippen molar-refractivity contribution < 1.29 is 9.53 Å². The summed E-state index contributed by atoms with van der Waals surface area (Å²) in [6.45, 7) is 5.30. The molecule has 0 bridgehead atoms. The van der Waals surface area contributed by atoms with Gasteiger partial charge in [0.15, 0.2) is 5.69 Å². The van der Waals surface area contributed by atoms with E-state index in [0.29, 0.717) is 41.2 Å². The molecule has 3 aromatic rings. The summed E-state index contributed by atoms with van der Waals surface area (Å²) >= 11 is 6.24. The maximum atomic E-state index is 13.4. The van der Waals surface area contributed by atoms with Crippen LogP contribution in [-0.2, 0) is 11.3 Å². The third kappa shape index (κ3) is 4.79. The molecule has 1 aliphatic rings. The van der Waals surface area contributed by atoms with Crippen LogP contribution in [0.2, 0.25) is 5.02 Å². The van der Waals surface area contributed by atoms with Crippen LogP contribution >= 0.6 is 11.6 Å². The lowest BCUT2D eigenvalue weighted by molar-refractivity contribution is 0.102. The molecule has 1 amide bonds. The molecule has 168 valence electrons. The lowest BCUT2D eigenvalue weighted by atomic mass is 10.1. The monoisotopic (exact) mass is 454 g/mol. The minimum Gasteiger partial charge on any atom is -0.378 e. The quantitative estimate of drug-likeness (QED) is 0.538. The number of carbonyl (C=O) groups excluding carboxylic acids is 1. The maximum absolute atomic E-state index is 13.4. The Labute approximate surface area is 191 Å². The zero-order chi connectivity index (χ0) is 22.5. The van der Waals surface area contributed by atoms with Gasteiger partial charge in [-0.1, -0.05) is 49.6 Å². The maximum Gasteiger partial charge on any atom is 0.276 e. The van der Waals surface area contributed by atoms with Crippen LogP contribution in [0.1, 0.15) is 36.7 Å². The fraction of sp³-hybridized carbons (Fsp3) is 0.375. The number of anilines is 2. The van der Waals surface area contributed by atoms with E-state index >= 15 is 0 Å². The number of halogens is 1. The number of aromatic nitrogens is 2. The lowest BCUT2D eigenvalue weighted by Gasteiger charge is -2.30. The minimum atomic E-state index is -0.373. The van der Waals surface area contributed by atoms with E-state index in [1.54, 1.807) is 30.3 Å². The highest BCUT2D eigenvalue weighted by Gasteiger charge is 2.20. The standard InChI is InChI=1S/C24H27ClN4O3/c1-2-3-6-11-29-24(31)19-8-5-4-7-18(19)22(27-29)23(30)26-20-16-17(25)9-10-21(20)28-12-14-32-15-13-28/h4-5,7-10,16H,2-3,6,11-15H2,1H3,(H,26,30). The smallest absolute Gasteiger partial charge is 0.276 e. The molecule has 0 aliphatic carbocycles. The van der Waals surface area contributed by atoms with Gasteiger partial charge in [0.25, 0.3) is 11.5 Å². The van der Waals surface area contributed by atoms with Crippen molar-refractivity contribution in [2.24, 2.45) is 0 Å². The molecule has 1 aromatic heterocycles. The average Bonchev–Trinajstić information content (AvgIpc) is 2.81. The number of morpholine rings is 1. The highest BCUT2D eigenvalue weighted by atomic mass is 35.5. The Morgan fingerprint density at radius 3 is 2.62 bits per heavy atom. The Hall–Kier alpha value is -2.90. The van der Waals surface area contributed by atoms with Crippen molar-refractivity contribution in [3.05, 3.63) is 63.5 Å². The van der Waals surface area contributed by atoms with Gasteiger partial charge in [-0.25, -0.2) is 4.68 Å². The van der Waals surface area contributed by atoms with Gasteiger partial charge in [-0.15, -0.1) is 0 Å². The molecule has 7 nitrogen and oxygen atoms in total. The molecule has 32 heavy (non-hydrogen) atoms. The number of carbonyl (C=O) groups is 1. The van der Waals surface area contributed by atoms with Gasteiger partial charge < -0.3 is 15.0 Å². The summed E-state index contributed by atoms with van der Waals surface area (Å²) in [6.07, 6.45) is 2.86. The third-order valence-electron chi connectivity index (χ3n) is 5.61. The van der Waals surface area contributed by atoms with Crippen LogP contribution in [0.3, 0.4) is 0 Å². The van der Waals surface area contributed by atoms with Crippen molar-refractivity contribution in [2.45, 2.75) is 32.7 Å². The van der Waals surface area contributed by atoms with E-state index in [0.717, 1.165) is 38.0 Å². The fourth-order valence-electron chi connectivity index (χ4n) is 3.94. The molecule has 0 atom stereocenters. The Morgan fingerprint density at radius 1 is 1.12 bits per heavy atom. The highest BCUT2D eigenvalue weighted by Crippen LogP contribution is 2.30. The van der Waals surface area contributed by atoms with Crippen LogP contribution < -0.4 is 15.8 Å². The Kier molecular flexibility index (Phi) is 7.07. The van der Waals surface area contributed by atoms with Crippen LogP contribution in [0.15, 0.2) is 47.3 Å². The van der Waals surface area contributed by atoms with Crippen LogP contribution in [0.25, 0.3) is 10.8 Å². The van der Waals surface area contributed by atoms with E-state index in [1.807, 2.05) is 12.1 Å². The fourth-order valence-corrected chi connectivity index (χ4v) is 4.11. The van der Waals surface area contributed by atoms with E-state index < -0.39 is 0 Å². The SMILES string of the molecule is CCCCCn1nc(C(=O)Nc2cc(Cl)ccc2N2CCOCC2)c2ccccc2c1=O. The second kappa shape index (κ2) is 10.1. The molecule has 1 saturated heterocycles. The van der Waals surface area contributed by atoms with Crippen molar-refractivity contribution >= 4 is 39.7 Å². The van der Waals surface area contributed by atoms with E-state index in [-0.39, 0.29) is 17.2 Å². The molecule has 0 spiro atoms. The molecular formula is C24H27ClN4O3. The Balaban J connectivity index is 1.71. The number of aryl methyl sites for hydroxylation is 1. The number of benzene rings is 2. The molecule has 2 aromatic carbocycles. The lowest BCUT2D eigenvalue weighted by Crippen LogP contribution is -2.36. The number of rotatable bonds is 7. The van der Waals surface area contributed by atoms with Gasteiger partial charge >= 0.3 is 0 Å². The van der Waals surface area contributed by atoms with Crippen LogP contribution in [0.5, 0.6) is 0 Å². The largest absolute Gasteiger partial charge is 0.378 e. The van der Waals surface area contributed by atoms with Crippen molar-refractivity contribution in [3.8, 4) is 0 Å².